The van der Waals surface area contributed by atoms with E-state index in [2.05, 4.69) is 217 Å². The summed E-state index contributed by atoms with van der Waals surface area (Å²) in [6.07, 6.45) is 0. The molecule has 0 radical (unpaired) electrons. The van der Waals surface area contributed by atoms with Gasteiger partial charge in [-0.2, -0.15) is 0 Å². The summed E-state index contributed by atoms with van der Waals surface area (Å²) in [4.78, 5) is 0. The van der Waals surface area contributed by atoms with Crippen molar-refractivity contribution in [2.75, 3.05) is 0 Å². The van der Waals surface area contributed by atoms with Crippen molar-refractivity contribution < 1.29 is 4.42 Å². The summed E-state index contributed by atoms with van der Waals surface area (Å²) in [5.41, 5.74) is 17.1. The van der Waals surface area contributed by atoms with E-state index in [4.69, 9.17) is 4.42 Å². The molecule has 1 aliphatic carbocycles. The average molecular weight is 726 g/mol. The standard InChI is InChI=1S/C55H35NO/c1-3-15-36(16-4-1)38-29-33-50-46(35-38)44-21-9-13-25-49(44)56(50)51-34-32-41(54-53(51)45-22-10-14-26-52(45)57-54)37-27-30-40(31-28-37)55(39-17-5-2-6-18-39)47-23-11-7-19-42(47)43-20-8-12-24-48(43)55/h1-35H. The van der Waals surface area contributed by atoms with Gasteiger partial charge < -0.3 is 8.98 Å². The minimum atomic E-state index is -0.442. The molecule has 11 aromatic rings. The highest BCUT2D eigenvalue weighted by Gasteiger charge is 2.45. The molecule has 0 fully saturated rings. The van der Waals surface area contributed by atoms with Crippen molar-refractivity contribution in [1.29, 1.82) is 0 Å². The Hall–Kier alpha value is -7.42. The first-order chi connectivity index (χ1) is 28.3. The third-order valence-corrected chi connectivity index (χ3v) is 12.3. The predicted octanol–water partition coefficient (Wildman–Crippen LogP) is 14.4. The largest absolute Gasteiger partial charge is 0.455 e. The van der Waals surface area contributed by atoms with Gasteiger partial charge in [-0.25, -0.2) is 0 Å². The number of benzene rings is 9. The molecule has 0 saturated heterocycles. The molecule has 0 amide bonds. The maximum Gasteiger partial charge on any atom is 0.145 e. The van der Waals surface area contributed by atoms with E-state index in [9.17, 15) is 0 Å². The van der Waals surface area contributed by atoms with Crippen molar-refractivity contribution in [2.24, 2.45) is 0 Å². The van der Waals surface area contributed by atoms with Crippen LogP contribution in [0.3, 0.4) is 0 Å². The third-order valence-electron chi connectivity index (χ3n) is 12.3. The molecule has 9 aromatic carbocycles. The summed E-state index contributed by atoms with van der Waals surface area (Å²) in [6.45, 7) is 0. The van der Waals surface area contributed by atoms with Crippen LogP contribution in [0.2, 0.25) is 0 Å². The molecule has 0 aliphatic heterocycles. The van der Waals surface area contributed by atoms with E-state index in [-0.39, 0.29) is 0 Å². The van der Waals surface area contributed by atoms with E-state index in [1.54, 1.807) is 0 Å². The summed E-state index contributed by atoms with van der Waals surface area (Å²) in [7, 11) is 0. The van der Waals surface area contributed by atoms with Crippen molar-refractivity contribution in [1.82, 2.24) is 4.57 Å². The molecule has 12 rings (SSSR count). The Morgan fingerprint density at radius 1 is 0.368 bits per heavy atom. The van der Waals surface area contributed by atoms with Crippen molar-refractivity contribution in [3.05, 3.63) is 235 Å². The fourth-order valence-electron chi connectivity index (χ4n) is 9.88. The first kappa shape index (κ1) is 31.9. The normalized spacial score (nSPS) is 13.1. The number of fused-ring (bicyclic) bond motifs is 9. The maximum atomic E-state index is 6.88. The molecule has 0 saturated carbocycles. The van der Waals surface area contributed by atoms with Crippen LogP contribution in [0.1, 0.15) is 22.3 Å². The van der Waals surface area contributed by atoms with Gasteiger partial charge in [-0.1, -0.05) is 176 Å². The Morgan fingerprint density at radius 3 is 1.70 bits per heavy atom. The van der Waals surface area contributed by atoms with Crippen LogP contribution >= 0.6 is 0 Å². The van der Waals surface area contributed by atoms with Crippen LogP contribution in [0, 0.1) is 0 Å². The molecule has 2 heterocycles. The minimum absolute atomic E-state index is 0.442. The SMILES string of the molecule is c1ccc(-c2ccc3c(c2)c2ccccc2n3-c2ccc(-c3ccc(C4(c5ccccc5)c5ccccc5-c5ccccc54)cc3)c3oc4ccccc4c23)cc1. The molecular weight excluding hydrogens is 691 g/mol. The predicted molar refractivity (Wildman–Crippen MR) is 236 cm³/mol. The number of hydrogen-bond donors (Lipinski definition) is 0. The lowest BCUT2D eigenvalue weighted by molar-refractivity contribution is 0.670. The van der Waals surface area contributed by atoms with E-state index in [1.165, 1.54) is 66.3 Å². The summed E-state index contributed by atoms with van der Waals surface area (Å²) in [6, 6.07) is 77.3. The molecule has 2 nitrogen and oxygen atoms in total. The van der Waals surface area contributed by atoms with Crippen LogP contribution in [0.15, 0.2) is 217 Å². The molecule has 0 bridgehead atoms. The molecule has 0 unspecified atom stereocenters. The van der Waals surface area contributed by atoms with Gasteiger partial charge in [-0.05, 0) is 86.5 Å². The van der Waals surface area contributed by atoms with E-state index in [0.717, 1.165) is 38.8 Å². The number of furan rings is 1. The Kier molecular flexibility index (Phi) is 6.88. The van der Waals surface area contributed by atoms with Crippen LogP contribution in [0.4, 0.5) is 0 Å². The number of hydrogen-bond acceptors (Lipinski definition) is 1. The summed E-state index contributed by atoms with van der Waals surface area (Å²) < 4.78 is 9.30. The monoisotopic (exact) mass is 725 g/mol. The lowest BCUT2D eigenvalue weighted by atomic mass is 9.67. The maximum absolute atomic E-state index is 6.88. The van der Waals surface area contributed by atoms with Gasteiger partial charge in [0.2, 0.25) is 0 Å². The van der Waals surface area contributed by atoms with Crippen molar-refractivity contribution in [3.63, 3.8) is 0 Å². The molecule has 57 heavy (non-hydrogen) atoms. The van der Waals surface area contributed by atoms with Gasteiger partial charge in [0.25, 0.3) is 0 Å². The van der Waals surface area contributed by atoms with Gasteiger partial charge in [-0.3, -0.25) is 0 Å². The molecule has 266 valence electrons. The molecule has 2 aromatic heterocycles. The summed E-state index contributed by atoms with van der Waals surface area (Å²) >= 11 is 0. The number of para-hydroxylation sites is 2. The quantitative estimate of drug-likeness (QED) is 0.173. The van der Waals surface area contributed by atoms with Crippen molar-refractivity contribution in [3.8, 4) is 39.1 Å². The second-order valence-electron chi connectivity index (χ2n) is 15.2. The highest BCUT2D eigenvalue weighted by Crippen LogP contribution is 2.56. The van der Waals surface area contributed by atoms with Crippen LogP contribution in [0.5, 0.6) is 0 Å². The number of rotatable bonds is 5. The topological polar surface area (TPSA) is 18.1 Å². The van der Waals surface area contributed by atoms with Crippen LogP contribution in [-0.2, 0) is 5.41 Å². The molecular formula is C55H35NO. The lowest BCUT2D eigenvalue weighted by Gasteiger charge is -2.34. The van der Waals surface area contributed by atoms with E-state index >= 15 is 0 Å². The molecule has 0 spiro atoms. The van der Waals surface area contributed by atoms with Crippen molar-refractivity contribution in [2.45, 2.75) is 5.41 Å². The molecule has 2 heteroatoms. The molecule has 0 N–H and O–H groups in total. The third kappa shape index (κ3) is 4.53. The van der Waals surface area contributed by atoms with Crippen molar-refractivity contribution >= 4 is 43.7 Å². The fourth-order valence-corrected chi connectivity index (χ4v) is 9.88. The highest BCUT2D eigenvalue weighted by molar-refractivity contribution is 6.17. The van der Waals surface area contributed by atoms with Crippen LogP contribution in [-0.4, -0.2) is 4.57 Å². The first-order valence-electron chi connectivity index (χ1n) is 19.7. The smallest absolute Gasteiger partial charge is 0.145 e. The molecule has 1 aliphatic rings. The zero-order valence-corrected chi connectivity index (χ0v) is 31.1. The van der Waals surface area contributed by atoms with E-state index < -0.39 is 5.41 Å². The second kappa shape index (κ2) is 12.3. The van der Waals surface area contributed by atoms with Gasteiger partial charge in [0, 0.05) is 21.7 Å². The van der Waals surface area contributed by atoms with Gasteiger partial charge in [0.15, 0.2) is 0 Å². The van der Waals surface area contributed by atoms with Gasteiger partial charge in [0.05, 0.1) is 27.5 Å². The highest BCUT2D eigenvalue weighted by atomic mass is 16.3. The van der Waals surface area contributed by atoms with Gasteiger partial charge >= 0.3 is 0 Å². The first-order valence-corrected chi connectivity index (χ1v) is 19.7. The zero-order chi connectivity index (χ0) is 37.5. The van der Waals surface area contributed by atoms with Gasteiger partial charge in [0.1, 0.15) is 11.2 Å². The second-order valence-corrected chi connectivity index (χ2v) is 15.2. The summed E-state index contributed by atoms with van der Waals surface area (Å²) in [5.74, 6) is 0. The minimum Gasteiger partial charge on any atom is -0.455 e. The molecule has 0 atom stereocenters. The summed E-state index contributed by atoms with van der Waals surface area (Å²) in [5, 5.41) is 4.68. The Morgan fingerprint density at radius 2 is 0.947 bits per heavy atom. The Balaban J connectivity index is 1.07. The van der Waals surface area contributed by atoms with E-state index in [0.29, 0.717) is 0 Å². The van der Waals surface area contributed by atoms with Crippen LogP contribution in [0.25, 0.3) is 82.8 Å². The zero-order valence-electron chi connectivity index (χ0n) is 31.1. The number of nitrogens with zero attached hydrogens (tertiary/aromatic N) is 1. The van der Waals surface area contributed by atoms with E-state index in [1.807, 2.05) is 0 Å². The van der Waals surface area contributed by atoms with Crippen LogP contribution < -0.4 is 0 Å². The number of aromatic nitrogens is 1. The fraction of sp³-hybridized carbons (Fsp3) is 0.0182. The Labute approximate surface area is 330 Å². The average Bonchev–Trinajstić information content (AvgIpc) is 3.94. The lowest BCUT2D eigenvalue weighted by Crippen LogP contribution is -2.28. The Bertz CT molecular complexity index is 3290. The van der Waals surface area contributed by atoms with Gasteiger partial charge in [-0.15, -0.1) is 0 Å².